The highest BCUT2D eigenvalue weighted by Crippen LogP contribution is 2.40. The summed E-state index contributed by atoms with van der Waals surface area (Å²) in [7, 11) is 0. The van der Waals surface area contributed by atoms with E-state index in [1.807, 2.05) is 97.1 Å². The van der Waals surface area contributed by atoms with E-state index in [2.05, 4.69) is 276 Å². The van der Waals surface area contributed by atoms with Gasteiger partial charge in [0.1, 0.15) is 29.4 Å². The third kappa shape index (κ3) is 13.6. The van der Waals surface area contributed by atoms with Crippen LogP contribution in [-0.2, 0) is 0 Å². The molecule has 0 saturated heterocycles. The average molecular weight is 1370 g/mol. The van der Waals surface area contributed by atoms with Gasteiger partial charge in [-0.05, 0) is 114 Å². The molecule has 19 rings (SSSR count). The van der Waals surface area contributed by atoms with Gasteiger partial charge in [-0.1, -0.05) is 322 Å². The maximum atomic E-state index is 6.45. The molecule has 0 amide bonds. The molecule has 0 aliphatic heterocycles. The van der Waals surface area contributed by atoms with E-state index in [-0.39, 0.29) is 0 Å². The van der Waals surface area contributed by atoms with E-state index < -0.39 is 0 Å². The fourth-order valence-corrected chi connectivity index (χ4v) is 13.7. The van der Waals surface area contributed by atoms with Crippen molar-refractivity contribution in [3.63, 3.8) is 0 Å². The van der Waals surface area contributed by atoms with E-state index in [0.29, 0.717) is 40.5 Å². The van der Waals surface area contributed by atoms with Crippen molar-refractivity contribution >= 4 is 32.8 Å². The molecule has 11 nitrogen and oxygen atoms in total. The highest BCUT2D eigenvalue weighted by Gasteiger charge is 2.20. The summed E-state index contributed by atoms with van der Waals surface area (Å²) in [5, 5.41) is 3.28. The largest absolute Gasteiger partial charge is 0.452 e. The third-order valence-corrected chi connectivity index (χ3v) is 19.2. The second-order valence-electron chi connectivity index (χ2n) is 26.0. The maximum absolute atomic E-state index is 6.45. The number of benzene rings is 14. The lowest BCUT2D eigenvalue weighted by Crippen LogP contribution is -2.00. The van der Waals surface area contributed by atoms with Crippen molar-refractivity contribution in [2.24, 2.45) is 0 Å². The topological polar surface area (TPSA) is 142 Å². The Morgan fingerprint density at radius 3 is 0.953 bits per heavy atom. The summed E-state index contributed by atoms with van der Waals surface area (Å²) in [5.74, 6) is 3.79. The van der Waals surface area contributed by atoms with Gasteiger partial charge in [0.2, 0.25) is 0 Å². The van der Waals surface area contributed by atoms with Crippen LogP contribution >= 0.6 is 0 Å². The van der Waals surface area contributed by atoms with Crippen LogP contribution in [-0.4, -0.2) is 49.8 Å². The highest BCUT2D eigenvalue weighted by atomic mass is 16.3. The van der Waals surface area contributed by atoms with E-state index in [4.69, 9.17) is 39.3 Å². The van der Waals surface area contributed by atoms with Crippen molar-refractivity contribution in [1.82, 2.24) is 49.8 Å². The van der Waals surface area contributed by atoms with Gasteiger partial charge in [-0.3, -0.25) is 0 Å². The first kappa shape index (κ1) is 64.4. The molecule has 11 heteroatoms. The van der Waals surface area contributed by atoms with Crippen LogP contribution in [0.2, 0.25) is 0 Å². The van der Waals surface area contributed by atoms with Crippen LogP contribution in [0, 0.1) is 0 Å². The second kappa shape index (κ2) is 29.0. The van der Waals surface area contributed by atoms with E-state index >= 15 is 0 Å². The summed E-state index contributed by atoms with van der Waals surface area (Å²) in [6, 6.07) is 123. The molecule has 0 saturated carbocycles. The van der Waals surface area contributed by atoms with Gasteiger partial charge >= 0.3 is 0 Å². The molecule has 107 heavy (non-hydrogen) atoms. The van der Waals surface area contributed by atoms with E-state index in [0.717, 1.165) is 139 Å². The van der Waals surface area contributed by atoms with E-state index in [9.17, 15) is 0 Å². The van der Waals surface area contributed by atoms with Crippen molar-refractivity contribution in [2.75, 3.05) is 0 Å². The molecule has 0 N–H and O–H groups in total. The maximum Gasteiger partial charge on any atom is 0.180 e. The Hall–Kier alpha value is -14.7. The van der Waals surface area contributed by atoms with E-state index in [1.165, 1.54) is 11.1 Å². The number of furan rings is 1. The van der Waals surface area contributed by atoms with Gasteiger partial charge in [0.15, 0.2) is 40.5 Å². The van der Waals surface area contributed by atoms with Crippen LogP contribution in [0.15, 0.2) is 381 Å². The Bertz CT molecular complexity index is 6390. The molecular formula is C96H62N10O. The molecule has 0 radical (unpaired) electrons. The normalized spacial score (nSPS) is 11.2. The first-order valence-corrected chi connectivity index (χ1v) is 35.4. The van der Waals surface area contributed by atoms with Gasteiger partial charge in [-0.2, -0.15) is 0 Å². The minimum Gasteiger partial charge on any atom is -0.452 e. The van der Waals surface area contributed by atoms with Gasteiger partial charge < -0.3 is 4.42 Å². The summed E-state index contributed by atoms with van der Waals surface area (Å²) in [5.41, 5.74) is 25.1. The predicted octanol–water partition coefficient (Wildman–Crippen LogP) is 23.7. The van der Waals surface area contributed by atoms with Crippen molar-refractivity contribution in [1.29, 1.82) is 0 Å². The fraction of sp³-hybridized carbons (Fsp3) is 0. The number of nitrogens with zero attached hydrogens (tertiary/aromatic N) is 10. The monoisotopic (exact) mass is 1370 g/mol. The SMILES string of the molecule is c1ccc(-c2ccc(-c3nc(-c4ccccc4)nc(-c4ccc(-c5cccc(-c6cccc(-c7ccncn7)c6)c5)cc4)n3)cc2)cc1.c1ccc(-c2ccc(-c3nc(-c4ccccc4)nc(-c4ccc(-c5cccc(-c6cccc(-c7ncnc8c7oc7ccc9ccccc9c78)c6)c5)cc4)n3)cc2)cc1. The molecular weight excluding hydrogens is 1310 g/mol. The van der Waals surface area contributed by atoms with Crippen molar-refractivity contribution in [3.8, 4) is 158 Å². The molecule has 502 valence electrons. The van der Waals surface area contributed by atoms with Crippen molar-refractivity contribution in [3.05, 3.63) is 377 Å². The zero-order valence-corrected chi connectivity index (χ0v) is 57.7. The molecule has 14 aromatic carbocycles. The standard InChI is InChI=1S/C53H33N5O.C43H29N5/c1-3-11-34(12-4-1)35-21-25-39(26-22-35)52-56-51(38-14-5-2-6-15-38)57-53(58-52)40-27-23-36(24-28-40)41-16-9-17-42(31-41)43-18-10-19-44(32-43)48-50-49(55-33-54-48)47-45-20-8-7-13-37(45)29-30-46(47)59-50;1-3-9-30(10-4-1)31-17-21-34(22-18-31)42-46-41(33-11-5-2-6-12-33)47-43(48-42)35-23-19-32(20-24-35)36-13-7-14-37(27-36)38-15-8-16-39(28-38)40-25-26-44-29-45-40/h1-33H;1-29H. The molecule has 0 fully saturated rings. The van der Waals surface area contributed by atoms with Crippen LogP contribution in [0.5, 0.6) is 0 Å². The Morgan fingerprint density at radius 1 is 0.215 bits per heavy atom. The Kier molecular flexibility index (Phi) is 17.5. The molecule has 0 aliphatic rings. The molecule has 5 heterocycles. The van der Waals surface area contributed by atoms with Gasteiger partial charge in [0, 0.05) is 50.7 Å². The van der Waals surface area contributed by atoms with Gasteiger partial charge in [0.25, 0.3) is 0 Å². The van der Waals surface area contributed by atoms with E-state index in [1.54, 1.807) is 18.9 Å². The number of rotatable bonds is 14. The zero-order chi connectivity index (χ0) is 71.2. The minimum atomic E-state index is 0.620. The summed E-state index contributed by atoms with van der Waals surface area (Å²) in [6.07, 6.45) is 4.98. The van der Waals surface area contributed by atoms with Crippen LogP contribution < -0.4 is 0 Å². The van der Waals surface area contributed by atoms with Crippen LogP contribution in [0.1, 0.15) is 0 Å². The lowest BCUT2D eigenvalue weighted by atomic mass is 9.96. The molecule has 0 atom stereocenters. The third-order valence-electron chi connectivity index (χ3n) is 19.2. The van der Waals surface area contributed by atoms with Crippen LogP contribution in [0.4, 0.5) is 0 Å². The second-order valence-corrected chi connectivity index (χ2v) is 26.0. The molecule has 0 unspecified atom stereocenters. The Morgan fingerprint density at radius 2 is 0.533 bits per heavy atom. The summed E-state index contributed by atoms with van der Waals surface area (Å²) in [4.78, 5) is 47.6. The Labute approximate surface area is 617 Å². The molecule has 19 aromatic rings. The molecule has 5 aromatic heterocycles. The summed E-state index contributed by atoms with van der Waals surface area (Å²) >= 11 is 0. The predicted molar refractivity (Wildman–Crippen MR) is 432 cm³/mol. The quantitative estimate of drug-likeness (QED) is 0.103. The number of fused-ring (bicyclic) bond motifs is 5. The minimum absolute atomic E-state index is 0.620. The molecule has 0 bridgehead atoms. The van der Waals surface area contributed by atoms with Crippen LogP contribution in [0.25, 0.3) is 190 Å². The smallest absolute Gasteiger partial charge is 0.180 e. The lowest BCUT2D eigenvalue weighted by molar-refractivity contribution is 0.667. The highest BCUT2D eigenvalue weighted by molar-refractivity contribution is 6.19. The van der Waals surface area contributed by atoms with Crippen molar-refractivity contribution < 1.29 is 4.42 Å². The number of hydrogen-bond acceptors (Lipinski definition) is 11. The fourth-order valence-electron chi connectivity index (χ4n) is 13.7. The van der Waals surface area contributed by atoms with Gasteiger partial charge in [0.05, 0.1) is 11.1 Å². The molecule has 0 aliphatic carbocycles. The van der Waals surface area contributed by atoms with Gasteiger partial charge in [-0.15, -0.1) is 0 Å². The summed E-state index contributed by atoms with van der Waals surface area (Å²) in [6.45, 7) is 0. The average Bonchev–Trinajstić information content (AvgIpc) is 1.62. The lowest BCUT2D eigenvalue weighted by Gasteiger charge is -2.10. The first-order valence-electron chi connectivity index (χ1n) is 35.4. The first-order chi connectivity index (χ1) is 53.0. The number of aromatic nitrogens is 10. The Balaban J connectivity index is 0.000000155. The number of hydrogen-bond donors (Lipinski definition) is 0. The van der Waals surface area contributed by atoms with Crippen molar-refractivity contribution in [2.45, 2.75) is 0 Å². The summed E-state index contributed by atoms with van der Waals surface area (Å²) < 4.78 is 6.45. The molecule has 0 spiro atoms. The van der Waals surface area contributed by atoms with Gasteiger partial charge in [-0.25, -0.2) is 49.8 Å². The zero-order valence-electron chi connectivity index (χ0n) is 57.7. The van der Waals surface area contributed by atoms with Crippen LogP contribution in [0.3, 0.4) is 0 Å².